The third-order valence-electron chi connectivity index (χ3n) is 2.17. The lowest BCUT2D eigenvalue weighted by molar-refractivity contribution is 0.264. The molecule has 1 aliphatic heterocycles. The third kappa shape index (κ3) is 3.34. The van der Waals surface area contributed by atoms with Gasteiger partial charge in [0.05, 0.1) is 0 Å². The summed E-state index contributed by atoms with van der Waals surface area (Å²) in [5, 5.41) is 1.14. The highest BCUT2D eigenvalue weighted by molar-refractivity contribution is 9.09. The van der Waals surface area contributed by atoms with Gasteiger partial charge in [-0.05, 0) is 32.2 Å². The van der Waals surface area contributed by atoms with E-state index in [1.54, 1.807) is 0 Å². The molecule has 1 atom stereocenters. The van der Waals surface area contributed by atoms with Crippen LogP contribution in [0.5, 0.6) is 0 Å². The molecule has 1 heterocycles. The Balaban J connectivity index is 2.12. The molecule has 1 nitrogen and oxygen atoms in total. The fourth-order valence-electron chi connectivity index (χ4n) is 1.36. The summed E-state index contributed by atoms with van der Waals surface area (Å²) in [7, 11) is 2.25. The quantitative estimate of drug-likeness (QED) is 0.691. The van der Waals surface area contributed by atoms with Gasteiger partial charge in [-0.25, -0.2) is 0 Å². The van der Waals surface area contributed by atoms with Gasteiger partial charge in [0.25, 0.3) is 0 Å². The maximum Gasteiger partial charge on any atom is 0.0191 e. The lowest BCUT2D eigenvalue weighted by atomic mass is 10.2. The molecule has 0 N–H and O–H groups in total. The molecule has 0 bridgehead atoms. The Morgan fingerprint density at radius 3 is 3.00 bits per heavy atom. The predicted octanol–water partition coefficient (Wildman–Crippen LogP) is 2.21. The zero-order chi connectivity index (χ0) is 8.10. The van der Waals surface area contributed by atoms with Gasteiger partial charge >= 0.3 is 0 Å². The third-order valence-corrected chi connectivity index (χ3v) is 3.88. The lowest BCUT2D eigenvalue weighted by Gasteiger charge is -2.22. The summed E-state index contributed by atoms with van der Waals surface area (Å²) < 4.78 is 0. The molecule has 66 valence electrons. The van der Waals surface area contributed by atoms with Gasteiger partial charge < -0.3 is 4.90 Å². The number of hydrogen-bond acceptors (Lipinski definition) is 2. The van der Waals surface area contributed by atoms with E-state index in [1.807, 2.05) is 0 Å². The SMILES string of the molecule is CN(CCCBr)C1CCSC1. The van der Waals surface area contributed by atoms with Crippen molar-refractivity contribution in [3.05, 3.63) is 0 Å². The van der Waals surface area contributed by atoms with Crippen LogP contribution < -0.4 is 0 Å². The molecule has 1 rings (SSSR count). The first-order chi connectivity index (χ1) is 5.34. The van der Waals surface area contributed by atoms with Crippen LogP contribution in [0.2, 0.25) is 0 Å². The molecule has 1 saturated heterocycles. The molecule has 0 aliphatic carbocycles. The highest BCUT2D eigenvalue weighted by Gasteiger charge is 2.18. The minimum atomic E-state index is 0.860. The first-order valence-electron chi connectivity index (χ1n) is 4.18. The smallest absolute Gasteiger partial charge is 0.0191 e. The van der Waals surface area contributed by atoms with Crippen molar-refractivity contribution in [3.8, 4) is 0 Å². The molecular formula is C8H16BrNS. The Morgan fingerprint density at radius 1 is 1.64 bits per heavy atom. The van der Waals surface area contributed by atoms with Gasteiger partial charge in [0, 0.05) is 17.1 Å². The van der Waals surface area contributed by atoms with Gasteiger partial charge in [0.2, 0.25) is 0 Å². The molecule has 1 fully saturated rings. The Bertz CT molecular complexity index is 104. The fraction of sp³-hybridized carbons (Fsp3) is 1.00. The monoisotopic (exact) mass is 237 g/mol. The minimum Gasteiger partial charge on any atom is -0.303 e. The van der Waals surface area contributed by atoms with Crippen molar-refractivity contribution in [2.75, 3.05) is 30.4 Å². The summed E-state index contributed by atoms with van der Waals surface area (Å²) in [6.07, 6.45) is 2.67. The van der Waals surface area contributed by atoms with Crippen molar-refractivity contribution < 1.29 is 0 Å². The van der Waals surface area contributed by atoms with Crippen molar-refractivity contribution >= 4 is 27.7 Å². The van der Waals surface area contributed by atoms with Gasteiger partial charge in [-0.1, -0.05) is 15.9 Å². The average molecular weight is 238 g/mol. The number of hydrogen-bond donors (Lipinski definition) is 0. The summed E-state index contributed by atoms with van der Waals surface area (Å²) in [6.45, 7) is 1.25. The van der Waals surface area contributed by atoms with E-state index in [9.17, 15) is 0 Å². The molecule has 0 aromatic carbocycles. The molecule has 11 heavy (non-hydrogen) atoms. The van der Waals surface area contributed by atoms with Gasteiger partial charge in [0.15, 0.2) is 0 Å². The number of thioether (sulfide) groups is 1. The van der Waals surface area contributed by atoms with Crippen molar-refractivity contribution in [1.82, 2.24) is 4.90 Å². The topological polar surface area (TPSA) is 3.24 Å². The molecule has 0 radical (unpaired) electrons. The standard InChI is InChI=1S/C8H16BrNS/c1-10(5-2-4-9)8-3-6-11-7-8/h8H,2-7H2,1H3. The van der Waals surface area contributed by atoms with Gasteiger partial charge in [-0.15, -0.1) is 0 Å². The van der Waals surface area contributed by atoms with E-state index in [-0.39, 0.29) is 0 Å². The van der Waals surface area contributed by atoms with Crippen LogP contribution in [-0.2, 0) is 0 Å². The minimum absolute atomic E-state index is 0.860. The van der Waals surface area contributed by atoms with Crippen molar-refractivity contribution in [1.29, 1.82) is 0 Å². The first-order valence-corrected chi connectivity index (χ1v) is 6.46. The van der Waals surface area contributed by atoms with Gasteiger partial charge in [-0.3, -0.25) is 0 Å². The molecule has 3 heteroatoms. The van der Waals surface area contributed by atoms with E-state index in [2.05, 4.69) is 39.6 Å². The highest BCUT2D eigenvalue weighted by atomic mass is 79.9. The normalized spacial score (nSPS) is 24.8. The van der Waals surface area contributed by atoms with Crippen LogP contribution in [0.15, 0.2) is 0 Å². The largest absolute Gasteiger partial charge is 0.303 e. The molecule has 1 aliphatic rings. The van der Waals surface area contributed by atoms with Crippen molar-refractivity contribution in [2.45, 2.75) is 18.9 Å². The van der Waals surface area contributed by atoms with Crippen LogP contribution in [-0.4, -0.2) is 41.4 Å². The lowest BCUT2D eigenvalue weighted by Crippen LogP contribution is -2.32. The zero-order valence-electron chi connectivity index (χ0n) is 7.05. The van der Waals surface area contributed by atoms with E-state index in [0.29, 0.717) is 0 Å². The molecule has 0 amide bonds. The Labute approximate surface area is 82.0 Å². The van der Waals surface area contributed by atoms with E-state index in [4.69, 9.17) is 0 Å². The molecular weight excluding hydrogens is 222 g/mol. The second-order valence-electron chi connectivity index (χ2n) is 3.04. The second kappa shape index (κ2) is 5.44. The summed E-state index contributed by atoms with van der Waals surface area (Å²) >= 11 is 5.55. The van der Waals surface area contributed by atoms with Crippen LogP contribution in [0.3, 0.4) is 0 Å². The molecule has 1 unspecified atom stereocenters. The average Bonchev–Trinajstić information content (AvgIpc) is 2.52. The zero-order valence-corrected chi connectivity index (χ0v) is 9.46. The Morgan fingerprint density at radius 2 is 2.45 bits per heavy atom. The van der Waals surface area contributed by atoms with Crippen LogP contribution in [0.1, 0.15) is 12.8 Å². The molecule has 0 saturated carbocycles. The summed E-state index contributed by atoms with van der Waals surface area (Å²) in [5.74, 6) is 2.71. The summed E-state index contributed by atoms with van der Waals surface area (Å²) in [6, 6.07) is 0.860. The van der Waals surface area contributed by atoms with Crippen LogP contribution >= 0.6 is 27.7 Å². The number of nitrogens with zero attached hydrogens (tertiary/aromatic N) is 1. The Kier molecular flexibility index (Phi) is 4.88. The number of rotatable bonds is 4. The van der Waals surface area contributed by atoms with Crippen LogP contribution in [0.25, 0.3) is 0 Å². The summed E-state index contributed by atoms with van der Waals surface area (Å²) in [5.41, 5.74) is 0. The second-order valence-corrected chi connectivity index (χ2v) is 4.98. The van der Waals surface area contributed by atoms with Crippen molar-refractivity contribution in [3.63, 3.8) is 0 Å². The van der Waals surface area contributed by atoms with E-state index >= 15 is 0 Å². The highest BCUT2D eigenvalue weighted by Crippen LogP contribution is 2.21. The number of halogens is 1. The van der Waals surface area contributed by atoms with Gasteiger partial charge in [-0.2, -0.15) is 11.8 Å². The van der Waals surface area contributed by atoms with E-state index in [1.165, 1.54) is 30.9 Å². The Hall–Kier alpha value is 0.790. The van der Waals surface area contributed by atoms with Crippen molar-refractivity contribution in [2.24, 2.45) is 0 Å². The van der Waals surface area contributed by atoms with Crippen LogP contribution in [0.4, 0.5) is 0 Å². The molecule has 0 spiro atoms. The maximum absolute atomic E-state index is 3.45. The maximum atomic E-state index is 3.45. The van der Waals surface area contributed by atoms with E-state index < -0.39 is 0 Å². The van der Waals surface area contributed by atoms with E-state index in [0.717, 1.165) is 11.4 Å². The fourth-order valence-corrected chi connectivity index (χ4v) is 2.91. The first kappa shape index (κ1) is 9.87. The predicted molar refractivity (Wildman–Crippen MR) is 56.8 cm³/mol. The molecule has 0 aromatic rings. The number of alkyl halides is 1. The summed E-state index contributed by atoms with van der Waals surface area (Å²) in [4.78, 5) is 2.50. The molecule has 0 aromatic heterocycles. The van der Waals surface area contributed by atoms with Gasteiger partial charge in [0.1, 0.15) is 0 Å². The van der Waals surface area contributed by atoms with Crippen LogP contribution in [0, 0.1) is 0 Å².